The number of nitrogens with zero attached hydrogens (tertiary/aromatic N) is 2. The Morgan fingerprint density at radius 1 is 0.400 bits per heavy atom. The smallest absolute Gasteiger partial charge is 0.339 e. The molecule has 0 heterocycles. The number of hydrogen-bond acceptors (Lipinski definition) is 15. The maximum Gasteiger partial charge on any atom is 0.339 e. The summed E-state index contributed by atoms with van der Waals surface area (Å²) >= 11 is 0. The van der Waals surface area contributed by atoms with Gasteiger partial charge in [-0.3, -0.25) is 20.2 Å². The molecule has 0 fully saturated rings. The van der Waals surface area contributed by atoms with Crippen molar-refractivity contribution in [1.82, 2.24) is 0 Å². The molecule has 0 spiro atoms. The summed E-state index contributed by atoms with van der Waals surface area (Å²) in [7, 11) is 0. The molecule has 0 amide bonds. The van der Waals surface area contributed by atoms with Crippen LogP contribution >= 0.6 is 0 Å². The van der Waals surface area contributed by atoms with Crippen LogP contribution in [0.1, 0.15) is 91.8 Å². The number of hydrogen-bond donors (Lipinski definition) is 11. The minimum atomic E-state index is -1.39. The van der Waals surface area contributed by atoms with Crippen LogP contribution in [-0.4, -0.2) is 102 Å². The lowest BCUT2D eigenvalue weighted by Gasteiger charge is -2.01. The molecule has 6 aromatic carbocycles. The molecule has 0 radical (unpaired) electrons. The number of phenolic OH excluding ortho intramolecular Hbond substituents is 2. The van der Waals surface area contributed by atoms with Gasteiger partial charge < -0.3 is 56.2 Å². The average molecular weight is 975 g/mol. The third-order valence-corrected chi connectivity index (χ3v) is 8.29. The van der Waals surface area contributed by atoms with Crippen molar-refractivity contribution in [1.29, 1.82) is 0 Å². The van der Waals surface area contributed by atoms with E-state index in [1.54, 1.807) is 43.3 Å². The standard InChI is InChI=1S/2C8H7NO5.C8H8O3.C8H8O2.2C7H6O3.CH4/c2*1-4-2-5(8(11)12)7(10)6(3-4)9(13)14;1-5-4-6(8(10)11)2-3-7(5)9;1-6-2-4-7(5-3-6)8(9)10;8-6-3-1-2-5(4-6)7(9)10;8-6-4-2-1-3-5(6)7(9)10;/h2*2-3,10H,1H3,(H,11,12);2-4,9H,1H3,(H,10,11);2-5H,1H3,(H,9,10);2*1-4,8H,(H,9,10);1H4. The molecule has 70 heavy (non-hydrogen) atoms. The van der Waals surface area contributed by atoms with Crippen LogP contribution < -0.4 is 0 Å². The molecule has 0 atom stereocenters. The molecular weight excluding hydrogens is 929 g/mol. The summed E-state index contributed by atoms with van der Waals surface area (Å²) in [5, 5.41) is 117. The van der Waals surface area contributed by atoms with Crippen molar-refractivity contribution in [2.75, 3.05) is 0 Å². The topological polar surface area (TPSA) is 411 Å². The second kappa shape index (κ2) is 28.1. The van der Waals surface area contributed by atoms with Crippen molar-refractivity contribution < 1.29 is 94.8 Å². The van der Waals surface area contributed by atoms with Crippen LogP contribution in [0.2, 0.25) is 0 Å². The Labute approximate surface area is 396 Å². The number of aryl methyl sites for hydroxylation is 4. The molecule has 6 aromatic rings. The molecule has 11 N–H and O–H groups in total. The Bertz CT molecular complexity index is 2710. The van der Waals surface area contributed by atoms with Crippen LogP contribution in [0.4, 0.5) is 11.4 Å². The minimum Gasteiger partial charge on any atom is -0.508 e. The molecule has 0 unspecified atom stereocenters. The van der Waals surface area contributed by atoms with E-state index in [0.717, 1.165) is 17.7 Å². The van der Waals surface area contributed by atoms with E-state index in [9.17, 15) is 59.2 Å². The van der Waals surface area contributed by atoms with Gasteiger partial charge in [0, 0.05) is 12.1 Å². The summed E-state index contributed by atoms with van der Waals surface area (Å²) in [5.41, 5.74) is 0.917. The summed E-state index contributed by atoms with van der Waals surface area (Å²) in [6.45, 7) is 6.60. The predicted molar refractivity (Wildman–Crippen MR) is 248 cm³/mol. The quantitative estimate of drug-likeness (QED) is 0.0502. The van der Waals surface area contributed by atoms with Gasteiger partial charge in [-0.2, -0.15) is 0 Å². The Morgan fingerprint density at radius 3 is 1.13 bits per heavy atom. The van der Waals surface area contributed by atoms with Crippen LogP contribution in [0.25, 0.3) is 0 Å². The highest BCUT2D eigenvalue weighted by Gasteiger charge is 2.23. The molecule has 370 valence electrons. The van der Waals surface area contributed by atoms with Crippen LogP contribution in [0.5, 0.6) is 28.7 Å². The number of aromatic carboxylic acids is 6. The summed E-state index contributed by atoms with van der Waals surface area (Å²) in [4.78, 5) is 81.5. The summed E-state index contributed by atoms with van der Waals surface area (Å²) in [5.74, 6) is -8.52. The van der Waals surface area contributed by atoms with Crippen LogP contribution in [-0.2, 0) is 0 Å². The number of carboxylic acid groups (broad SMARTS) is 6. The van der Waals surface area contributed by atoms with Gasteiger partial charge in [0.15, 0.2) is 0 Å². The monoisotopic (exact) mass is 974 g/mol. The molecule has 23 heteroatoms. The van der Waals surface area contributed by atoms with E-state index in [0.29, 0.717) is 22.3 Å². The zero-order chi connectivity index (χ0) is 52.9. The Morgan fingerprint density at radius 2 is 0.800 bits per heavy atom. The fourth-order valence-corrected chi connectivity index (χ4v) is 4.90. The van der Waals surface area contributed by atoms with Gasteiger partial charge in [-0.05, 0) is 117 Å². The van der Waals surface area contributed by atoms with Crippen molar-refractivity contribution >= 4 is 47.2 Å². The van der Waals surface area contributed by atoms with E-state index in [1.165, 1.54) is 80.6 Å². The number of rotatable bonds is 8. The van der Waals surface area contributed by atoms with Crippen molar-refractivity contribution in [3.63, 3.8) is 0 Å². The average Bonchev–Trinajstić information content (AvgIpc) is 3.27. The Hall–Kier alpha value is -10.1. The Kier molecular flexibility index (Phi) is 24.0. The number of para-hydroxylation sites is 1. The second-order valence-electron chi connectivity index (χ2n) is 13.6. The fraction of sp³-hybridized carbons (Fsp3) is 0.106. The first-order chi connectivity index (χ1) is 32.1. The lowest BCUT2D eigenvalue weighted by molar-refractivity contribution is -0.386. The second-order valence-corrected chi connectivity index (χ2v) is 13.6. The van der Waals surface area contributed by atoms with E-state index in [4.69, 9.17) is 46.0 Å². The molecule has 0 aliphatic carbocycles. The highest BCUT2D eigenvalue weighted by molar-refractivity contribution is 5.94. The number of nitro groups is 2. The van der Waals surface area contributed by atoms with Crippen molar-refractivity contribution in [2.24, 2.45) is 0 Å². The van der Waals surface area contributed by atoms with Gasteiger partial charge in [0.25, 0.3) is 0 Å². The zero-order valence-electron chi connectivity index (χ0n) is 36.4. The molecule has 0 aromatic heterocycles. The van der Waals surface area contributed by atoms with Gasteiger partial charge in [0.1, 0.15) is 33.9 Å². The highest BCUT2D eigenvalue weighted by atomic mass is 16.6. The number of carboxylic acids is 6. The number of nitro benzene ring substituents is 2. The first kappa shape index (κ1) is 59.9. The fourth-order valence-electron chi connectivity index (χ4n) is 4.90. The van der Waals surface area contributed by atoms with Crippen molar-refractivity contribution in [3.05, 3.63) is 191 Å². The van der Waals surface area contributed by atoms with E-state index >= 15 is 0 Å². The van der Waals surface area contributed by atoms with Gasteiger partial charge in [-0.15, -0.1) is 0 Å². The van der Waals surface area contributed by atoms with Crippen molar-refractivity contribution in [2.45, 2.75) is 35.1 Å². The van der Waals surface area contributed by atoms with Crippen molar-refractivity contribution in [3.8, 4) is 28.7 Å². The molecule has 0 bridgehead atoms. The highest BCUT2D eigenvalue weighted by Crippen LogP contribution is 2.32. The zero-order valence-corrected chi connectivity index (χ0v) is 36.4. The molecule has 0 saturated carbocycles. The Balaban J connectivity index is 0.000000819. The minimum absolute atomic E-state index is 0. The van der Waals surface area contributed by atoms with E-state index in [2.05, 4.69) is 0 Å². The van der Waals surface area contributed by atoms with Crippen LogP contribution in [0.3, 0.4) is 0 Å². The van der Waals surface area contributed by atoms with Gasteiger partial charge in [-0.1, -0.05) is 43.3 Å². The van der Waals surface area contributed by atoms with Gasteiger partial charge in [0.2, 0.25) is 11.5 Å². The molecular formula is C47H46N2O21. The first-order valence-electron chi connectivity index (χ1n) is 18.9. The van der Waals surface area contributed by atoms with E-state index in [-0.39, 0.29) is 41.4 Å². The van der Waals surface area contributed by atoms with Crippen LogP contribution in [0.15, 0.2) is 115 Å². The number of benzene rings is 6. The third kappa shape index (κ3) is 19.6. The number of aromatic hydroxyl groups is 5. The lowest BCUT2D eigenvalue weighted by Crippen LogP contribution is -2.00. The lowest BCUT2D eigenvalue weighted by atomic mass is 10.1. The predicted octanol–water partition coefficient (Wildman–Crippen LogP) is 8.52. The normalized spacial score (nSPS) is 9.37. The van der Waals surface area contributed by atoms with Gasteiger partial charge in [0.05, 0.1) is 26.5 Å². The summed E-state index contributed by atoms with van der Waals surface area (Å²) in [6, 6.07) is 26.8. The number of carbonyl (C=O) groups is 6. The molecule has 0 aliphatic heterocycles. The maximum atomic E-state index is 10.6. The summed E-state index contributed by atoms with van der Waals surface area (Å²) in [6.07, 6.45) is 0. The molecule has 23 nitrogen and oxygen atoms in total. The third-order valence-electron chi connectivity index (χ3n) is 8.29. The SMILES string of the molecule is C.Cc1cc(C(=O)O)c(O)c([N+](=O)[O-])c1.Cc1cc(C(=O)O)c(O)c([N+](=O)[O-])c1.Cc1cc(C(=O)O)ccc1O.Cc1ccc(C(=O)O)cc1.O=C(O)c1cccc(O)c1.O=C(O)c1ccccc1O. The molecule has 0 aliphatic rings. The summed E-state index contributed by atoms with van der Waals surface area (Å²) < 4.78 is 0. The van der Waals surface area contributed by atoms with Gasteiger partial charge in [-0.25, -0.2) is 28.8 Å². The first-order valence-corrected chi connectivity index (χ1v) is 18.9. The number of phenols is 5. The van der Waals surface area contributed by atoms with E-state index in [1.807, 2.05) is 6.92 Å². The molecule has 0 saturated heterocycles. The largest absolute Gasteiger partial charge is 0.508 e. The molecule has 6 rings (SSSR count). The van der Waals surface area contributed by atoms with Gasteiger partial charge >= 0.3 is 47.2 Å². The van der Waals surface area contributed by atoms with E-state index < -0.39 is 79.7 Å². The maximum absolute atomic E-state index is 10.6. The van der Waals surface area contributed by atoms with Crippen LogP contribution in [0, 0.1) is 47.9 Å².